The number of carbonyl (C=O) groups excluding carboxylic acids is 1. The van der Waals surface area contributed by atoms with E-state index >= 15 is 0 Å². The Morgan fingerprint density at radius 3 is 2.48 bits per heavy atom. The number of carbonyl (C=O) groups is 1. The first kappa shape index (κ1) is 16.6. The van der Waals surface area contributed by atoms with Gasteiger partial charge in [-0.25, -0.2) is 0 Å². The fourth-order valence-corrected chi connectivity index (χ4v) is 2.02. The third-order valence-electron chi connectivity index (χ3n) is 3.14. The summed E-state index contributed by atoms with van der Waals surface area (Å²) in [6.07, 6.45) is 3.27. The summed E-state index contributed by atoms with van der Waals surface area (Å²) in [6.45, 7) is 5.90. The maximum absolute atomic E-state index is 11.9. The first-order chi connectivity index (χ1) is 10.9. The van der Waals surface area contributed by atoms with E-state index in [2.05, 4.69) is 5.32 Å². The molecular formula is C19H22N2O2. The molecule has 0 heterocycles. The molecule has 4 nitrogen and oxygen atoms in total. The van der Waals surface area contributed by atoms with E-state index in [0.717, 1.165) is 16.8 Å². The number of rotatable bonds is 5. The topological polar surface area (TPSA) is 64.3 Å². The van der Waals surface area contributed by atoms with Gasteiger partial charge in [0, 0.05) is 11.8 Å². The maximum atomic E-state index is 11.9. The Morgan fingerprint density at radius 1 is 1.17 bits per heavy atom. The van der Waals surface area contributed by atoms with Crippen molar-refractivity contribution in [1.82, 2.24) is 0 Å². The van der Waals surface area contributed by atoms with Crippen molar-refractivity contribution >= 4 is 23.4 Å². The number of benzene rings is 2. The van der Waals surface area contributed by atoms with E-state index < -0.39 is 0 Å². The highest BCUT2D eigenvalue weighted by Gasteiger charge is 2.03. The standard InChI is InChI=1S/C19H22N2O2/c1-13(2)23-18-10-6-15(12-17(18)20)7-11-19(22)21-16-8-4-14(3)5-9-16/h4-13H,20H2,1-3H3,(H,21,22)/b11-7-. The lowest BCUT2D eigenvalue weighted by molar-refractivity contribution is -0.111. The molecule has 2 aromatic rings. The molecule has 4 heteroatoms. The van der Waals surface area contributed by atoms with Crippen molar-refractivity contribution in [2.24, 2.45) is 0 Å². The number of nitrogens with one attached hydrogen (secondary N) is 1. The summed E-state index contributed by atoms with van der Waals surface area (Å²) in [5.74, 6) is 0.469. The summed E-state index contributed by atoms with van der Waals surface area (Å²) in [5.41, 5.74) is 9.27. The van der Waals surface area contributed by atoms with Crippen LogP contribution >= 0.6 is 0 Å². The number of ether oxygens (including phenoxy) is 1. The molecule has 0 bridgehead atoms. The second-order valence-electron chi connectivity index (χ2n) is 5.65. The number of nitrogen functional groups attached to an aromatic ring is 1. The highest BCUT2D eigenvalue weighted by Crippen LogP contribution is 2.24. The highest BCUT2D eigenvalue weighted by molar-refractivity contribution is 6.02. The van der Waals surface area contributed by atoms with Crippen LogP contribution in [-0.2, 0) is 4.79 Å². The Morgan fingerprint density at radius 2 is 1.87 bits per heavy atom. The lowest BCUT2D eigenvalue weighted by Gasteiger charge is -2.12. The van der Waals surface area contributed by atoms with Crippen LogP contribution in [0.2, 0.25) is 0 Å². The van der Waals surface area contributed by atoms with E-state index in [0.29, 0.717) is 11.4 Å². The average Bonchev–Trinajstić information content (AvgIpc) is 2.50. The van der Waals surface area contributed by atoms with E-state index in [9.17, 15) is 4.79 Å². The Bertz CT molecular complexity index is 704. The molecule has 0 aliphatic rings. The van der Waals surface area contributed by atoms with Gasteiger partial charge in [-0.15, -0.1) is 0 Å². The fraction of sp³-hybridized carbons (Fsp3) is 0.211. The van der Waals surface area contributed by atoms with Gasteiger partial charge >= 0.3 is 0 Å². The predicted molar refractivity (Wildman–Crippen MR) is 95.5 cm³/mol. The van der Waals surface area contributed by atoms with Gasteiger partial charge in [0.05, 0.1) is 11.8 Å². The summed E-state index contributed by atoms with van der Waals surface area (Å²) in [6, 6.07) is 13.1. The molecule has 0 fully saturated rings. The molecule has 0 radical (unpaired) electrons. The van der Waals surface area contributed by atoms with Crippen LogP contribution in [0.1, 0.15) is 25.0 Å². The molecule has 0 aliphatic heterocycles. The predicted octanol–water partition coefficient (Wildman–Crippen LogP) is 4.02. The zero-order valence-corrected chi connectivity index (χ0v) is 13.7. The van der Waals surface area contributed by atoms with Crippen LogP contribution in [0.5, 0.6) is 5.75 Å². The van der Waals surface area contributed by atoms with E-state index in [1.807, 2.05) is 57.2 Å². The molecule has 0 aromatic heterocycles. The Labute approximate surface area is 137 Å². The minimum Gasteiger partial charge on any atom is -0.489 e. The monoisotopic (exact) mass is 310 g/mol. The first-order valence-electron chi connectivity index (χ1n) is 7.56. The molecule has 2 aromatic carbocycles. The zero-order chi connectivity index (χ0) is 16.8. The Hall–Kier alpha value is -2.75. The summed E-state index contributed by atoms with van der Waals surface area (Å²) < 4.78 is 5.59. The van der Waals surface area contributed by atoms with Crippen molar-refractivity contribution in [2.75, 3.05) is 11.1 Å². The second-order valence-corrected chi connectivity index (χ2v) is 5.65. The van der Waals surface area contributed by atoms with Crippen LogP contribution in [0.15, 0.2) is 48.5 Å². The fourth-order valence-electron chi connectivity index (χ4n) is 2.02. The smallest absolute Gasteiger partial charge is 0.248 e. The first-order valence-corrected chi connectivity index (χ1v) is 7.56. The number of hydrogen-bond acceptors (Lipinski definition) is 3. The average molecular weight is 310 g/mol. The molecule has 0 saturated carbocycles. The third-order valence-corrected chi connectivity index (χ3v) is 3.14. The maximum Gasteiger partial charge on any atom is 0.248 e. The molecule has 23 heavy (non-hydrogen) atoms. The number of amides is 1. The normalized spacial score (nSPS) is 11.0. The molecule has 0 saturated heterocycles. The minimum absolute atomic E-state index is 0.0685. The summed E-state index contributed by atoms with van der Waals surface area (Å²) in [7, 11) is 0. The molecule has 0 aliphatic carbocycles. The van der Waals surface area contributed by atoms with E-state index in [-0.39, 0.29) is 12.0 Å². The summed E-state index contributed by atoms with van der Waals surface area (Å²) in [4.78, 5) is 11.9. The zero-order valence-electron chi connectivity index (χ0n) is 13.7. The number of anilines is 2. The van der Waals surface area contributed by atoms with Gasteiger partial charge in [-0.05, 0) is 56.7 Å². The lowest BCUT2D eigenvalue weighted by atomic mass is 10.1. The van der Waals surface area contributed by atoms with Crippen molar-refractivity contribution in [1.29, 1.82) is 0 Å². The Balaban J connectivity index is 2.00. The third kappa shape index (κ3) is 5.18. The lowest BCUT2D eigenvalue weighted by Crippen LogP contribution is -2.08. The molecule has 3 N–H and O–H groups in total. The number of aryl methyl sites for hydroxylation is 1. The van der Waals surface area contributed by atoms with Gasteiger partial charge in [-0.1, -0.05) is 23.8 Å². The molecule has 2 rings (SSSR count). The molecule has 0 atom stereocenters. The van der Waals surface area contributed by atoms with Crippen molar-refractivity contribution < 1.29 is 9.53 Å². The highest BCUT2D eigenvalue weighted by atomic mass is 16.5. The van der Waals surface area contributed by atoms with Crippen LogP contribution < -0.4 is 15.8 Å². The van der Waals surface area contributed by atoms with Crippen molar-refractivity contribution in [3.8, 4) is 5.75 Å². The van der Waals surface area contributed by atoms with E-state index in [1.54, 1.807) is 12.1 Å². The molecule has 1 amide bonds. The van der Waals surface area contributed by atoms with Crippen LogP contribution in [0.4, 0.5) is 11.4 Å². The molecule has 120 valence electrons. The van der Waals surface area contributed by atoms with Crippen LogP contribution in [0, 0.1) is 6.92 Å². The molecule has 0 unspecified atom stereocenters. The molecular weight excluding hydrogens is 288 g/mol. The van der Waals surface area contributed by atoms with Gasteiger partial charge in [-0.3, -0.25) is 4.79 Å². The SMILES string of the molecule is Cc1ccc(NC(=O)/C=C\c2ccc(OC(C)C)c(N)c2)cc1. The van der Waals surface area contributed by atoms with Crippen LogP contribution in [-0.4, -0.2) is 12.0 Å². The van der Waals surface area contributed by atoms with Crippen LogP contribution in [0.3, 0.4) is 0 Å². The largest absolute Gasteiger partial charge is 0.489 e. The van der Waals surface area contributed by atoms with Gasteiger partial charge in [0.15, 0.2) is 0 Å². The van der Waals surface area contributed by atoms with Gasteiger partial charge in [0.25, 0.3) is 0 Å². The van der Waals surface area contributed by atoms with Crippen molar-refractivity contribution in [3.63, 3.8) is 0 Å². The summed E-state index contributed by atoms with van der Waals surface area (Å²) >= 11 is 0. The van der Waals surface area contributed by atoms with Crippen molar-refractivity contribution in [3.05, 3.63) is 59.7 Å². The van der Waals surface area contributed by atoms with Crippen molar-refractivity contribution in [2.45, 2.75) is 26.9 Å². The van der Waals surface area contributed by atoms with Gasteiger partial charge in [-0.2, -0.15) is 0 Å². The quantitative estimate of drug-likeness (QED) is 0.647. The van der Waals surface area contributed by atoms with Gasteiger partial charge in [0.2, 0.25) is 5.91 Å². The van der Waals surface area contributed by atoms with Gasteiger partial charge in [0.1, 0.15) is 5.75 Å². The van der Waals surface area contributed by atoms with Gasteiger partial charge < -0.3 is 15.8 Å². The van der Waals surface area contributed by atoms with Crippen LogP contribution in [0.25, 0.3) is 6.08 Å². The Kier molecular flexibility index (Phi) is 5.41. The second kappa shape index (κ2) is 7.49. The summed E-state index contributed by atoms with van der Waals surface area (Å²) in [5, 5.41) is 2.81. The number of hydrogen-bond donors (Lipinski definition) is 2. The number of nitrogens with two attached hydrogens (primary N) is 1. The van der Waals surface area contributed by atoms with E-state index in [4.69, 9.17) is 10.5 Å². The van der Waals surface area contributed by atoms with E-state index in [1.165, 1.54) is 6.08 Å². The molecule has 0 spiro atoms. The minimum atomic E-state index is -0.185.